The number of cyclic esters (lactones) is 1. The lowest BCUT2D eigenvalue weighted by atomic mass is 10.2. The van der Waals surface area contributed by atoms with Crippen LogP contribution < -0.4 is 10.1 Å². The molecular formula is C24H27BrN4O7S. The number of esters is 1. The second-order valence-electron chi connectivity index (χ2n) is 8.52. The van der Waals surface area contributed by atoms with Crippen LogP contribution in [0.15, 0.2) is 52.1 Å². The third-order valence-electron chi connectivity index (χ3n) is 5.54. The van der Waals surface area contributed by atoms with Gasteiger partial charge in [0.2, 0.25) is 5.91 Å². The van der Waals surface area contributed by atoms with Crippen molar-refractivity contribution in [2.24, 2.45) is 0 Å². The molecule has 1 saturated heterocycles. The molecule has 2 atom stereocenters. The minimum atomic E-state index is -4.28. The first-order valence-electron chi connectivity index (χ1n) is 11.6. The fourth-order valence-corrected chi connectivity index (χ4v) is 5.95. The van der Waals surface area contributed by atoms with Crippen LogP contribution in [0, 0.1) is 0 Å². The fourth-order valence-electron chi connectivity index (χ4n) is 4.04. The molecule has 1 N–H and O–H groups in total. The molecule has 1 aliphatic rings. The molecule has 2 aromatic carbocycles. The van der Waals surface area contributed by atoms with Gasteiger partial charge in [-0.1, -0.05) is 20.4 Å². The van der Waals surface area contributed by atoms with Crippen LogP contribution in [0.3, 0.4) is 0 Å². The summed E-state index contributed by atoms with van der Waals surface area (Å²) < 4.78 is 42.2. The van der Waals surface area contributed by atoms with Crippen LogP contribution in [-0.2, 0) is 35.7 Å². The summed E-state index contributed by atoms with van der Waals surface area (Å²) in [7, 11) is -4.28. The summed E-state index contributed by atoms with van der Waals surface area (Å²) in [4.78, 5) is 33.0. The molecule has 198 valence electrons. The predicted octanol–water partition coefficient (Wildman–Crippen LogP) is 3.48. The normalized spacial score (nSPS) is 16.7. The highest BCUT2D eigenvalue weighted by atomic mass is 79.9. The molecule has 3 aromatic rings. The number of hydroxylamine groups is 1. The van der Waals surface area contributed by atoms with Crippen LogP contribution in [0.5, 0.6) is 5.75 Å². The van der Waals surface area contributed by atoms with E-state index in [1.54, 1.807) is 20.2 Å². The van der Waals surface area contributed by atoms with Crippen LogP contribution in [0.4, 0.5) is 5.69 Å². The van der Waals surface area contributed by atoms with Gasteiger partial charge in [-0.05, 0) is 44.2 Å². The number of carbonyl (C=O) groups excluding carboxylic acids is 2. The van der Waals surface area contributed by atoms with Gasteiger partial charge in [-0.2, -0.15) is 0 Å². The molecule has 0 aliphatic carbocycles. The van der Waals surface area contributed by atoms with Crippen LogP contribution in [0.1, 0.15) is 27.2 Å². The van der Waals surface area contributed by atoms with E-state index in [9.17, 15) is 18.0 Å². The summed E-state index contributed by atoms with van der Waals surface area (Å²) in [5.74, 6) is -0.792. The Morgan fingerprint density at radius 3 is 2.78 bits per heavy atom. The Labute approximate surface area is 222 Å². The van der Waals surface area contributed by atoms with Gasteiger partial charge in [-0.15, -0.1) is 0 Å². The topological polar surface area (TPSA) is 129 Å². The average Bonchev–Trinajstić information content (AvgIpc) is 3.42. The number of hydrogen-bond acceptors (Lipinski definition) is 8. The average molecular weight is 595 g/mol. The van der Waals surface area contributed by atoms with Crippen molar-refractivity contribution >= 4 is 54.6 Å². The van der Waals surface area contributed by atoms with Crippen molar-refractivity contribution in [3.63, 3.8) is 0 Å². The number of hydrogen-bond donors (Lipinski definition) is 1. The van der Waals surface area contributed by atoms with Gasteiger partial charge in [0.1, 0.15) is 23.4 Å². The minimum absolute atomic E-state index is 0.0286. The van der Waals surface area contributed by atoms with Gasteiger partial charge in [0, 0.05) is 23.2 Å². The van der Waals surface area contributed by atoms with Crippen LogP contribution in [0.2, 0.25) is 0 Å². The molecule has 1 amide bonds. The minimum Gasteiger partial charge on any atom is -0.487 e. The van der Waals surface area contributed by atoms with E-state index < -0.39 is 28.1 Å². The zero-order valence-corrected chi connectivity index (χ0v) is 22.9. The molecule has 1 fully saturated rings. The van der Waals surface area contributed by atoms with E-state index in [-0.39, 0.29) is 36.2 Å². The molecule has 2 heterocycles. The van der Waals surface area contributed by atoms with Gasteiger partial charge in [-0.25, -0.2) is 13.4 Å². The zero-order valence-electron chi connectivity index (χ0n) is 20.5. The monoisotopic (exact) mass is 594 g/mol. The van der Waals surface area contributed by atoms with Crippen molar-refractivity contribution in [3.05, 3.63) is 47.2 Å². The molecule has 1 aromatic heterocycles. The number of sulfonamides is 1. The maximum atomic E-state index is 13.7. The molecule has 4 rings (SSSR count). The molecule has 0 bridgehead atoms. The van der Waals surface area contributed by atoms with E-state index in [2.05, 4.69) is 26.2 Å². The lowest BCUT2D eigenvalue weighted by Gasteiger charge is -2.26. The van der Waals surface area contributed by atoms with Crippen LogP contribution in [-0.4, -0.2) is 59.7 Å². The Kier molecular flexibility index (Phi) is 8.17. The van der Waals surface area contributed by atoms with E-state index in [1.165, 1.54) is 25.1 Å². The molecule has 13 heteroatoms. The highest BCUT2D eigenvalue weighted by Crippen LogP contribution is 2.33. The predicted molar refractivity (Wildman–Crippen MR) is 138 cm³/mol. The first kappa shape index (κ1) is 27.0. The van der Waals surface area contributed by atoms with Crippen molar-refractivity contribution in [2.75, 3.05) is 18.5 Å². The summed E-state index contributed by atoms with van der Waals surface area (Å²) in [5.41, 5.74) is 2.07. The van der Waals surface area contributed by atoms with Gasteiger partial charge < -0.3 is 19.4 Å². The number of rotatable bonds is 10. The number of carbonyl (C=O) groups is 2. The third-order valence-corrected chi connectivity index (χ3v) is 7.80. The van der Waals surface area contributed by atoms with Crippen molar-refractivity contribution in [1.82, 2.24) is 14.0 Å². The Morgan fingerprint density at radius 1 is 1.32 bits per heavy atom. The summed E-state index contributed by atoms with van der Waals surface area (Å²) in [6.45, 7) is 5.12. The zero-order chi connectivity index (χ0) is 26.7. The number of ether oxygens (including phenoxy) is 2. The van der Waals surface area contributed by atoms with Gasteiger partial charge in [0.05, 0.1) is 43.0 Å². The molecular weight excluding hydrogens is 568 g/mol. The number of nitrogens with one attached hydrogen (secondary N) is 1. The molecule has 11 nitrogen and oxygen atoms in total. The van der Waals surface area contributed by atoms with Gasteiger partial charge in [0.25, 0.3) is 10.0 Å². The number of imidazole rings is 1. The standard InChI is InChI=1S/C24H27BrN4O7S/c1-4-35-29(19-11-24(31)34-13-19)37(32,33)23-8-6-18(27-16(3)30)10-22(23)36-15(2)12-28-14-26-20-9-17(25)5-7-21(20)28/h5-10,14-15,19H,4,11-13H2,1-3H3,(H,27,30)/t15-,19?/m1/s1. The van der Waals surface area contributed by atoms with Crippen molar-refractivity contribution in [2.45, 2.75) is 50.8 Å². The van der Waals surface area contributed by atoms with Gasteiger partial charge in [-0.3, -0.25) is 14.4 Å². The highest BCUT2D eigenvalue weighted by molar-refractivity contribution is 9.10. The Morgan fingerprint density at radius 2 is 2.11 bits per heavy atom. The molecule has 37 heavy (non-hydrogen) atoms. The van der Waals surface area contributed by atoms with E-state index in [0.29, 0.717) is 12.2 Å². The van der Waals surface area contributed by atoms with E-state index in [0.717, 1.165) is 20.0 Å². The molecule has 0 radical (unpaired) electrons. The largest absolute Gasteiger partial charge is 0.487 e. The third kappa shape index (κ3) is 6.12. The van der Waals surface area contributed by atoms with E-state index >= 15 is 0 Å². The van der Waals surface area contributed by atoms with Crippen molar-refractivity contribution in [1.29, 1.82) is 0 Å². The smallest absolute Gasteiger partial charge is 0.307 e. The van der Waals surface area contributed by atoms with Gasteiger partial charge in [0.15, 0.2) is 0 Å². The Hall–Kier alpha value is -3.00. The quantitative estimate of drug-likeness (QED) is 0.279. The second kappa shape index (κ2) is 11.2. The number of benzene rings is 2. The Bertz CT molecular complexity index is 1430. The molecule has 1 unspecified atom stereocenters. The van der Waals surface area contributed by atoms with Crippen molar-refractivity contribution < 1.29 is 32.3 Å². The number of nitrogens with zero attached hydrogens (tertiary/aromatic N) is 3. The number of amides is 1. The van der Waals surface area contributed by atoms with E-state index in [1.807, 2.05) is 22.8 Å². The highest BCUT2D eigenvalue weighted by Gasteiger charge is 2.40. The number of halogens is 1. The van der Waals surface area contributed by atoms with E-state index in [4.69, 9.17) is 14.3 Å². The van der Waals surface area contributed by atoms with Crippen LogP contribution in [0.25, 0.3) is 11.0 Å². The molecule has 0 spiro atoms. The van der Waals surface area contributed by atoms with Crippen molar-refractivity contribution in [3.8, 4) is 5.75 Å². The number of fused-ring (bicyclic) bond motifs is 1. The van der Waals surface area contributed by atoms with Gasteiger partial charge >= 0.3 is 5.97 Å². The summed E-state index contributed by atoms with van der Waals surface area (Å²) >= 11 is 3.44. The number of anilines is 1. The lowest BCUT2D eigenvalue weighted by Crippen LogP contribution is -2.41. The number of aromatic nitrogens is 2. The van der Waals surface area contributed by atoms with Crippen LogP contribution >= 0.6 is 15.9 Å². The first-order chi connectivity index (χ1) is 17.6. The maximum Gasteiger partial charge on any atom is 0.307 e. The summed E-state index contributed by atoms with van der Waals surface area (Å²) in [6, 6.07) is 9.19. The Balaban J connectivity index is 1.66. The second-order valence-corrected chi connectivity index (χ2v) is 11.2. The fraction of sp³-hybridized carbons (Fsp3) is 0.375. The maximum absolute atomic E-state index is 13.7. The summed E-state index contributed by atoms with van der Waals surface area (Å²) in [6.07, 6.45) is 1.08. The lowest BCUT2D eigenvalue weighted by molar-refractivity contribution is -0.138. The summed E-state index contributed by atoms with van der Waals surface area (Å²) in [5, 5.41) is 2.64. The first-order valence-corrected chi connectivity index (χ1v) is 13.8. The molecule has 0 saturated carbocycles. The molecule has 1 aliphatic heterocycles. The SMILES string of the molecule is CCON(C1COC(=O)C1)S(=O)(=O)c1ccc(NC(C)=O)cc1O[C@H](C)Cn1cnc2cc(Br)ccc21.